The third-order valence-electron chi connectivity index (χ3n) is 6.95. The number of benzene rings is 1. The minimum absolute atomic E-state index is 0.0376. The second kappa shape index (κ2) is 9.29. The van der Waals surface area contributed by atoms with Gasteiger partial charge < -0.3 is 30.4 Å². The number of anilines is 2. The van der Waals surface area contributed by atoms with Gasteiger partial charge >= 0.3 is 12.1 Å². The van der Waals surface area contributed by atoms with Gasteiger partial charge in [0.05, 0.1) is 28.3 Å². The van der Waals surface area contributed by atoms with Crippen molar-refractivity contribution in [1.82, 2.24) is 9.88 Å². The normalized spacial score (nSPS) is 20.1. The Kier molecular flexibility index (Phi) is 6.66. The molecule has 1 saturated carbocycles. The Morgan fingerprint density at radius 2 is 1.94 bits per heavy atom. The molecule has 1 amide bonds. The Morgan fingerprint density at radius 3 is 2.50 bits per heavy atom. The summed E-state index contributed by atoms with van der Waals surface area (Å²) in [5.41, 5.74) is 5.30. The standard InChI is InChI=1S/C26H35FN4O5/c1-6-7-14-10-30(12-17(14)29-25(35)36-26(3,4)5)22-13(2)21-18(20(28)19(22)27)23(32)16(24(33)34)11-31(21)15-8-9-15/h11,14-15,17H,6-10,12,28H2,1-5H3,(H,29,35)(H,33,34)/t14-,17+/m0/s1. The minimum Gasteiger partial charge on any atom is -0.477 e. The van der Waals surface area contributed by atoms with Gasteiger partial charge in [0.1, 0.15) is 11.2 Å². The first-order valence-corrected chi connectivity index (χ1v) is 12.5. The Bertz CT molecular complexity index is 1280. The highest BCUT2D eigenvalue weighted by Gasteiger charge is 2.38. The highest BCUT2D eigenvalue weighted by molar-refractivity contribution is 6.01. The number of carbonyl (C=O) groups is 2. The second-order valence-corrected chi connectivity index (χ2v) is 10.9. The molecule has 2 heterocycles. The van der Waals surface area contributed by atoms with Crippen LogP contribution in [-0.2, 0) is 4.74 Å². The first-order chi connectivity index (χ1) is 16.8. The molecule has 196 valence electrons. The largest absolute Gasteiger partial charge is 0.477 e. The Labute approximate surface area is 209 Å². The lowest BCUT2D eigenvalue weighted by molar-refractivity contribution is 0.0496. The summed E-state index contributed by atoms with van der Waals surface area (Å²) in [5, 5.41) is 12.4. The van der Waals surface area contributed by atoms with E-state index in [1.807, 2.05) is 4.90 Å². The molecule has 4 N–H and O–H groups in total. The summed E-state index contributed by atoms with van der Waals surface area (Å²) < 4.78 is 23.1. The number of aromatic nitrogens is 1. The number of aryl methyl sites for hydroxylation is 1. The summed E-state index contributed by atoms with van der Waals surface area (Å²) in [7, 11) is 0. The predicted octanol–water partition coefficient (Wildman–Crippen LogP) is 4.19. The zero-order valence-electron chi connectivity index (χ0n) is 21.5. The molecule has 1 aromatic carbocycles. The van der Waals surface area contributed by atoms with Crippen molar-refractivity contribution in [2.45, 2.75) is 78.0 Å². The molecular formula is C26H35FN4O5. The SMILES string of the molecule is CCC[C@H]1CN(c2c(F)c(N)c3c(=O)c(C(=O)O)cn(C4CC4)c3c2C)C[C@H]1NC(=O)OC(C)(C)C. The van der Waals surface area contributed by atoms with Crippen molar-refractivity contribution < 1.29 is 23.8 Å². The maximum Gasteiger partial charge on any atom is 0.407 e. The summed E-state index contributed by atoms with van der Waals surface area (Å²) in [6.07, 6.45) is 4.24. The van der Waals surface area contributed by atoms with Crippen molar-refractivity contribution in [2.75, 3.05) is 23.7 Å². The van der Waals surface area contributed by atoms with Crippen LogP contribution < -0.4 is 21.4 Å². The van der Waals surface area contributed by atoms with Gasteiger partial charge in [-0.2, -0.15) is 0 Å². The summed E-state index contributed by atoms with van der Waals surface area (Å²) in [6, 6.07) is -0.217. The molecule has 36 heavy (non-hydrogen) atoms. The third kappa shape index (κ3) is 4.73. The topological polar surface area (TPSA) is 127 Å². The third-order valence-corrected chi connectivity index (χ3v) is 6.95. The van der Waals surface area contributed by atoms with Crippen LogP contribution in [0.4, 0.5) is 20.6 Å². The number of nitrogens with two attached hydrogens (primary N) is 1. The first-order valence-electron chi connectivity index (χ1n) is 12.5. The van der Waals surface area contributed by atoms with E-state index in [0.717, 1.165) is 25.7 Å². The Hall–Kier alpha value is -3.30. The van der Waals surface area contributed by atoms with Gasteiger partial charge in [-0.1, -0.05) is 13.3 Å². The average Bonchev–Trinajstić information content (AvgIpc) is 3.54. The van der Waals surface area contributed by atoms with Gasteiger partial charge in [-0.15, -0.1) is 0 Å². The molecule has 1 aliphatic heterocycles. The number of carboxylic acid groups (broad SMARTS) is 1. The van der Waals surface area contributed by atoms with Gasteiger partial charge in [-0.05, 0) is 58.4 Å². The fourth-order valence-corrected chi connectivity index (χ4v) is 5.29. The fraction of sp³-hybridized carbons (Fsp3) is 0.577. The molecule has 2 aromatic rings. The van der Waals surface area contributed by atoms with Gasteiger partial charge in [0.15, 0.2) is 5.82 Å². The van der Waals surface area contributed by atoms with Gasteiger partial charge in [-0.3, -0.25) is 4.79 Å². The molecule has 2 fully saturated rings. The van der Waals surface area contributed by atoms with E-state index in [1.54, 1.807) is 32.3 Å². The van der Waals surface area contributed by atoms with E-state index < -0.39 is 34.5 Å². The fourth-order valence-electron chi connectivity index (χ4n) is 5.29. The van der Waals surface area contributed by atoms with Crippen LogP contribution in [0.15, 0.2) is 11.0 Å². The molecule has 1 aromatic heterocycles. The second-order valence-electron chi connectivity index (χ2n) is 10.9. The maximum absolute atomic E-state index is 15.9. The molecule has 1 saturated heterocycles. The van der Waals surface area contributed by atoms with Crippen LogP contribution >= 0.6 is 0 Å². The van der Waals surface area contributed by atoms with Crippen LogP contribution in [-0.4, -0.2) is 46.5 Å². The number of carbonyl (C=O) groups excluding carboxylic acids is 1. The van der Waals surface area contributed by atoms with E-state index in [0.29, 0.717) is 24.2 Å². The number of ether oxygens (including phenoxy) is 1. The number of carboxylic acids is 1. The zero-order valence-corrected chi connectivity index (χ0v) is 21.5. The Morgan fingerprint density at radius 1 is 1.28 bits per heavy atom. The number of nitrogens with one attached hydrogen (secondary N) is 1. The molecule has 1 aliphatic carbocycles. The molecule has 0 unspecified atom stereocenters. The molecule has 0 radical (unpaired) electrons. The number of amides is 1. The van der Waals surface area contributed by atoms with Crippen LogP contribution in [0.25, 0.3) is 10.9 Å². The van der Waals surface area contributed by atoms with Crippen molar-refractivity contribution in [3.8, 4) is 0 Å². The number of fused-ring (bicyclic) bond motifs is 1. The lowest BCUT2D eigenvalue weighted by atomic mass is 9.98. The van der Waals surface area contributed by atoms with Crippen molar-refractivity contribution in [2.24, 2.45) is 5.92 Å². The number of alkyl carbamates (subject to hydrolysis) is 1. The number of halogens is 1. The van der Waals surface area contributed by atoms with Crippen molar-refractivity contribution in [3.63, 3.8) is 0 Å². The summed E-state index contributed by atoms with van der Waals surface area (Å²) in [5.74, 6) is -2.04. The smallest absolute Gasteiger partial charge is 0.407 e. The van der Waals surface area contributed by atoms with E-state index in [1.165, 1.54) is 6.20 Å². The minimum atomic E-state index is -1.36. The lowest BCUT2D eigenvalue weighted by Crippen LogP contribution is -2.43. The van der Waals surface area contributed by atoms with Gasteiger partial charge in [0.25, 0.3) is 0 Å². The molecule has 10 heteroatoms. The molecule has 2 atom stereocenters. The van der Waals surface area contributed by atoms with Crippen LogP contribution in [0.2, 0.25) is 0 Å². The Balaban J connectivity index is 1.80. The molecule has 2 aliphatic rings. The van der Waals surface area contributed by atoms with Crippen LogP contribution in [0.3, 0.4) is 0 Å². The average molecular weight is 503 g/mol. The summed E-state index contributed by atoms with van der Waals surface area (Å²) in [4.78, 5) is 39.1. The molecule has 0 bridgehead atoms. The number of aromatic carboxylic acids is 1. The number of pyridine rings is 1. The van der Waals surface area contributed by atoms with E-state index >= 15 is 4.39 Å². The number of rotatable bonds is 6. The monoisotopic (exact) mass is 502 g/mol. The number of hydrogen-bond donors (Lipinski definition) is 3. The molecule has 0 spiro atoms. The van der Waals surface area contributed by atoms with E-state index in [9.17, 15) is 19.5 Å². The van der Waals surface area contributed by atoms with Crippen LogP contribution in [0.5, 0.6) is 0 Å². The predicted molar refractivity (Wildman–Crippen MR) is 136 cm³/mol. The highest BCUT2D eigenvalue weighted by Crippen LogP contribution is 2.43. The van der Waals surface area contributed by atoms with Gasteiger partial charge in [-0.25, -0.2) is 14.0 Å². The summed E-state index contributed by atoms with van der Waals surface area (Å²) in [6.45, 7) is 10.0. The quantitative estimate of drug-likeness (QED) is 0.506. The molecule has 4 rings (SSSR count). The van der Waals surface area contributed by atoms with Crippen LogP contribution in [0.1, 0.15) is 75.3 Å². The van der Waals surface area contributed by atoms with Crippen molar-refractivity contribution in [1.29, 1.82) is 0 Å². The van der Waals surface area contributed by atoms with Gasteiger partial charge in [0, 0.05) is 25.3 Å². The summed E-state index contributed by atoms with van der Waals surface area (Å²) >= 11 is 0. The van der Waals surface area contributed by atoms with Crippen molar-refractivity contribution >= 4 is 34.3 Å². The first kappa shape index (κ1) is 25.8. The number of nitrogens with zero attached hydrogens (tertiary/aromatic N) is 2. The van der Waals surface area contributed by atoms with Crippen LogP contribution in [0, 0.1) is 18.7 Å². The van der Waals surface area contributed by atoms with E-state index in [4.69, 9.17) is 10.5 Å². The van der Waals surface area contributed by atoms with E-state index in [-0.39, 0.29) is 34.8 Å². The zero-order chi connectivity index (χ0) is 26.5. The van der Waals surface area contributed by atoms with Gasteiger partial charge in [0.2, 0.25) is 5.43 Å². The molecule has 9 nitrogen and oxygen atoms in total. The highest BCUT2D eigenvalue weighted by atomic mass is 19.1. The number of nitrogen functional groups attached to an aromatic ring is 1. The maximum atomic E-state index is 15.9. The van der Waals surface area contributed by atoms with Crippen molar-refractivity contribution in [3.05, 3.63) is 33.4 Å². The lowest BCUT2D eigenvalue weighted by Gasteiger charge is -2.26. The van der Waals surface area contributed by atoms with E-state index in [2.05, 4.69) is 12.2 Å². The molecular weight excluding hydrogens is 467 g/mol. The number of hydrogen-bond acceptors (Lipinski definition) is 6.